The molecule has 0 heterocycles. The van der Waals surface area contributed by atoms with Crippen LogP contribution in [0.4, 0.5) is 11.4 Å². The molecule has 1 amide bonds. The molecule has 3 nitrogen and oxygen atoms in total. The second kappa shape index (κ2) is 5.98. The third-order valence-electron chi connectivity index (χ3n) is 2.44. The molecule has 98 valence electrons. The highest BCUT2D eigenvalue weighted by Crippen LogP contribution is 2.24. The Hall–Kier alpha value is -0.980. The smallest absolute Gasteiger partial charge is 0.255 e. The third-order valence-corrected chi connectivity index (χ3v) is 3.91. The average Bonchev–Trinajstić information content (AvgIpc) is 2.36. The van der Waals surface area contributed by atoms with Crippen molar-refractivity contribution in [2.24, 2.45) is 0 Å². The van der Waals surface area contributed by atoms with Gasteiger partial charge in [-0.1, -0.05) is 23.2 Å². The Morgan fingerprint density at radius 2 is 1.89 bits per heavy atom. The van der Waals surface area contributed by atoms with Crippen LogP contribution in [0.2, 0.25) is 10.0 Å². The van der Waals surface area contributed by atoms with Crippen molar-refractivity contribution in [3.63, 3.8) is 0 Å². The zero-order valence-corrected chi connectivity index (χ0v) is 13.3. The molecule has 0 atom stereocenters. The molecule has 6 heteroatoms. The van der Waals surface area contributed by atoms with Crippen LogP contribution in [0.1, 0.15) is 10.4 Å². The number of nitrogens with two attached hydrogens (primary N) is 1. The Balaban J connectivity index is 2.23. The molecular formula is C13H9Cl2IN2O. The first kappa shape index (κ1) is 14.4. The molecule has 0 aliphatic rings. The monoisotopic (exact) mass is 406 g/mol. The van der Waals surface area contributed by atoms with E-state index in [1.165, 1.54) is 0 Å². The van der Waals surface area contributed by atoms with Crippen LogP contribution < -0.4 is 11.1 Å². The maximum Gasteiger partial charge on any atom is 0.255 e. The molecule has 0 saturated carbocycles. The fraction of sp³-hybridized carbons (Fsp3) is 0. The van der Waals surface area contributed by atoms with Gasteiger partial charge in [0.1, 0.15) is 0 Å². The lowest BCUT2D eigenvalue weighted by Gasteiger charge is -2.08. The lowest BCUT2D eigenvalue weighted by molar-refractivity contribution is 0.102. The fourth-order valence-corrected chi connectivity index (χ4v) is 2.59. The van der Waals surface area contributed by atoms with Crippen molar-refractivity contribution < 1.29 is 4.79 Å². The van der Waals surface area contributed by atoms with E-state index in [9.17, 15) is 4.79 Å². The number of halogens is 3. The molecular weight excluding hydrogens is 398 g/mol. The molecule has 2 rings (SSSR count). The summed E-state index contributed by atoms with van der Waals surface area (Å²) in [7, 11) is 0. The zero-order chi connectivity index (χ0) is 14.0. The maximum absolute atomic E-state index is 12.1. The summed E-state index contributed by atoms with van der Waals surface area (Å²) >= 11 is 13.8. The van der Waals surface area contributed by atoms with Gasteiger partial charge in [0.2, 0.25) is 0 Å². The van der Waals surface area contributed by atoms with E-state index in [0.717, 1.165) is 3.57 Å². The Bertz CT molecular complexity index is 647. The number of hydrogen-bond donors (Lipinski definition) is 2. The highest BCUT2D eigenvalue weighted by atomic mass is 127. The highest BCUT2D eigenvalue weighted by Gasteiger charge is 2.10. The molecule has 0 aliphatic heterocycles. The van der Waals surface area contributed by atoms with Gasteiger partial charge in [-0.3, -0.25) is 4.79 Å². The van der Waals surface area contributed by atoms with Crippen molar-refractivity contribution >= 4 is 63.1 Å². The number of hydrogen-bond acceptors (Lipinski definition) is 2. The van der Waals surface area contributed by atoms with E-state index in [0.29, 0.717) is 27.0 Å². The molecule has 2 aromatic rings. The number of rotatable bonds is 2. The number of anilines is 2. The van der Waals surface area contributed by atoms with Crippen molar-refractivity contribution in [3.05, 3.63) is 55.6 Å². The molecule has 0 saturated heterocycles. The molecule has 0 radical (unpaired) electrons. The molecule has 0 aliphatic carbocycles. The Labute approximate surface area is 134 Å². The Morgan fingerprint density at radius 3 is 2.53 bits per heavy atom. The third kappa shape index (κ3) is 3.52. The normalized spacial score (nSPS) is 10.3. The standard InChI is InChI=1S/C13H9Cl2IN2O/c14-8-2-4-12(10(16)6-8)18-13(19)7-1-3-9(15)11(17)5-7/h1-6H,17H2,(H,18,19). The van der Waals surface area contributed by atoms with E-state index in [1.807, 2.05) is 0 Å². The molecule has 0 fully saturated rings. The van der Waals surface area contributed by atoms with Crippen molar-refractivity contribution in [2.45, 2.75) is 0 Å². The molecule has 0 aromatic heterocycles. The molecule has 0 bridgehead atoms. The van der Waals surface area contributed by atoms with Gasteiger partial charge in [-0.05, 0) is 59.0 Å². The lowest BCUT2D eigenvalue weighted by Crippen LogP contribution is -2.13. The maximum atomic E-state index is 12.1. The van der Waals surface area contributed by atoms with Gasteiger partial charge in [0.05, 0.1) is 16.4 Å². The minimum atomic E-state index is -0.247. The number of benzene rings is 2. The summed E-state index contributed by atoms with van der Waals surface area (Å²) in [6.45, 7) is 0. The highest BCUT2D eigenvalue weighted by molar-refractivity contribution is 14.1. The topological polar surface area (TPSA) is 55.1 Å². The number of carbonyl (C=O) groups excluding carboxylic acids is 1. The molecule has 19 heavy (non-hydrogen) atoms. The van der Waals surface area contributed by atoms with Crippen LogP contribution >= 0.6 is 45.8 Å². The SMILES string of the molecule is Nc1cc(C(=O)Nc2ccc(Cl)cc2I)ccc1Cl. The molecule has 3 N–H and O–H groups in total. The zero-order valence-electron chi connectivity index (χ0n) is 9.58. The summed E-state index contributed by atoms with van der Waals surface area (Å²) in [6.07, 6.45) is 0. The fourth-order valence-electron chi connectivity index (χ4n) is 1.47. The first-order valence-electron chi connectivity index (χ1n) is 5.29. The minimum Gasteiger partial charge on any atom is -0.398 e. The molecule has 2 aromatic carbocycles. The van der Waals surface area contributed by atoms with E-state index in [-0.39, 0.29) is 5.91 Å². The van der Waals surface area contributed by atoms with Crippen LogP contribution in [0.3, 0.4) is 0 Å². The van der Waals surface area contributed by atoms with Crippen LogP contribution in [-0.4, -0.2) is 5.91 Å². The van der Waals surface area contributed by atoms with Crippen molar-refractivity contribution in [2.75, 3.05) is 11.1 Å². The van der Waals surface area contributed by atoms with Crippen LogP contribution in [0, 0.1) is 3.57 Å². The Kier molecular flexibility index (Phi) is 4.54. The lowest BCUT2D eigenvalue weighted by atomic mass is 10.2. The number of carbonyl (C=O) groups is 1. The quantitative estimate of drug-likeness (QED) is 0.572. The van der Waals surface area contributed by atoms with Gasteiger partial charge in [-0.2, -0.15) is 0 Å². The van der Waals surface area contributed by atoms with E-state index >= 15 is 0 Å². The summed E-state index contributed by atoms with van der Waals surface area (Å²) < 4.78 is 0.861. The second-order valence-electron chi connectivity index (χ2n) is 3.81. The van der Waals surface area contributed by atoms with Crippen LogP contribution in [-0.2, 0) is 0 Å². The van der Waals surface area contributed by atoms with Crippen molar-refractivity contribution in [1.82, 2.24) is 0 Å². The van der Waals surface area contributed by atoms with E-state index in [2.05, 4.69) is 27.9 Å². The van der Waals surface area contributed by atoms with Crippen molar-refractivity contribution in [1.29, 1.82) is 0 Å². The summed E-state index contributed by atoms with van der Waals surface area (Å²) in [6, 6.07) is 10.0. The van der Waals surface area contributed by atoms with Gasteiger partial charge in [0.25, 0.3) is 5.91 Å². The van der Waals surface area contributed by atoms with Gasteiger partial charge in [-0.15, -0.1) is 0 Å². The summed E-state index contributed by atoms with van der Waals surface area (Å²) in [5, 5.41) is 3.85. The Morgan fingerprint density at radius 1 is 1.16 bits per heavy atom. The predicted molar refractivity (Wildman–Crippen MR) is 88.0 cm³/mol. The summed E-state index contributed by atoms with van der Waals surface area (Å²) in [4.78, 5) is 12.1. The van der Waals surface area contributed by atoms with Gasteiger partial charge in [0.15, 0.2) is 0 Å². The number of amides is 1. The number of nitrogens with one attached hydrogen (secondary N) is 1. The second-order valence-corrected chi connectivity index (χ2v) is 5.82. The molecule has 0 unspecified atom stereocenters. The van der Waals surface area contributed by atoms with Crippen LogP contribution in [0.25, 0.3) is 0 Å². The van der Waals surface area contributed by atoms with Gasteiger partial charge in [-0.25, -0.2) is 0 Å². The van der Waals surface area contributed by atoms with Gasteiger partial charge < -0.3 is 11.1 Å². The van der Waals surface area contributed by atoms with Gasteiger partial charge >= 0.3 is 0 Å². The summed E-state index contributed by atoms with van der Waals surface area (Å²) in [5.74, 6) is -0.247. The van der Waals surface area contributed by atoms with Crippen molar-refractivity contribution in [3.8, 4) is 0 Å². The van der Waals surface area contributed by atoms with Crippen LogP contribution in [0.5, 0.6) is 0 Å². The molecule has 0 spiro atoms. The largest absolute Gasteiger partial charge is 0.398 e. The average molecular weight is 407 g/mol. The minimum absolute atomic E-state index is 0.247. The first-order chi connectivity index (χ1) is 8.97. The first-order valence-corrected chi connectivity index (χ1v) is 7.12. The number of nitrogen functional groups attached to an aromatic ring is 1. The van der Waals surface area contributed by atoms with E-state index < -0.39 is 0 Å². The van der Waals surface area contributed by atoms with E-state index in [4.69, 9.17) is 28.9 Å². The predicted octanol–water partition coefficient (Wildman–Crippen LogP) is 4.43. The van der Waals surface area contributed by atoms with Crippen LogP contribution in [0.15, 0.2) is 36.4 Å². The van der Waals surface area contributed by atoms with E-state index in [1.54, 1.807) is 36.4 Å². The summed E-state index contributed by atoms with van der Waals surface area (Å²) in [5.41, 5.74) is 7.20. The van der Waals surface area contributed by atoms with Gasteiger partial charge in [0, 0.05) is 14.2 Å².